The number of anilines is 1. The van der Waals surface area contributed by atoms with Crippen LogP contribution in [-0.4, -0.2) is 15.0 Å². The van der Waals surface area contributed by atoms with Gasteiger partial charge in [-0.1, -0.05) is 122 Å². The summed E-state index contributed by atoms with van der Waals surface area (Å²) in [5, 5.41) is 7.12. The molecule has 0 fully saturated rings. The standard InChI is InChI=1S/C61H44N4S4.C2H6/c1-59(2)43-25-33-31-23-37(55-62-47-15-7-11-19-51(47)66-55)39(57-64-49-17-9-13-21-53(49)68-57)29-45(31)60(3,4)41(33)27-35(43)36-28-42-34(26-44(36)59)32-24-38(56-63-48-16-8-12-20-52(48)67-56)40(30-46(32)61(42,5)6)58-65-50-18-10-14-22-54(50)69-58;1-2/h7-30,57,64H,1-6H3;1-2H3. The molecule has 0 amide bonds. The van der Waals surface area contributed by atoms with E-state index in [1.807, 2.05) is 25.6 Å². The third kappa shape index (κ3) is 6.18. The van der Waals surface area contributed by atoms with E-state index in [0.29, 0.717) is 0 Å². The molecule has 3 aliphatic carbocycles. The van der Waals surface area contributed by atoms with Crippen molar-refractivity contribution < 1.29 is 0 Å². The second kappa shape index (κ2) is 15.3. The van der Waals surface area contributed by atoms with Gasteiger partial charge < -0.3 is 5.32 Å². The van der Waals surface area contributed by atoms with Crippen molar-refractivity contribution in [3.63, 3.8) is 0 Å². The van der Waals surface area contributed by atoms with Crippen LogP contribution in [0.2, 0.25) is 0 Å². The van der Waals surface area contributed by atoms with E-state index >= 15 is 0 Å². The summed E-state index contributed by atoms with van der Waals surface area (Å²) in [6.07, 6.45) is 0. The fourth-order valence-electron chi connectivity index (χ4n) is 12.1. The van der Waals surface area contributed by atoms with Gasteiger partial charge in [-0.05, 0) is 163 Å². The summed E-state index contributed by atoms with van der Waals surface area (Å²) in [4.78, 5) is 17.1. The van der Waals surface area contributed by atoms with Gasteiger partial charge in [-0.25, -0.2) is 15.0 Å². The molecule has 15 rings (SSSR count). The Bertz CT molecular complexity index is 3960. The Morgan fingerprint density at radius 1 is 0.380 bits per heavy atom. The van der Waals surface area contributed by atoms with Crippen molar-refractivity contribution in [3.05, 3.63) is 185 Å². The molecule has 4 nitrogen and oxygen atoms in total. The minimum absolute atomic E-state index is 0.0779. The van der Waals surface area contributed by atoms with Crippen LogP contribution in [-0.2, 0) is 16.2 Å². The van der Waals surface area contributed by atoms with Crippen molar-refractivity contribution in [1.82, 2.24) is 15.0 Å². The second-order valence-electron chi connectivity index (χ2n) is 20.8. The smallest absolute Gasteiger partial charge is 0.125 e. The Morgan fingerprint density at radius 2 is 0.718 bits per heavy atom. The number of rotatable bonds is 4. The lowest BCUT2D eigenvalue weighted by Crippen LogP contribution is -2.17. The van der Waals surface area contributed by atoms with Gasteiger partial charge in [0.25, 0.3) is 0 Å². The average Bonchev–Trinajstić information content (AvgIpc) is 4.26. The van der Waals surface area contributed by atoms with Crippen molar-refractivity contribution in [2.24, 2.45) is 0 Å². The van der Waals surface area contributed by atoms with E-state index in [9.17, 15) is 0 Å². The number of benzene rings is 8. The molecule has 1 atom stereocenters. The van der Waals surface area contributed by atoms with Crippen LogP contribution in [0.1, 0.15) is 99.7 Å². The molecule has 4 aliphatic rings. The summed E-state index contributed by atoms with van der Waals surface area (Å²) in [5.74, 6) is 0. The Morgan fingerprint density at radius 3 is 1.15 bits per heavy atom. The number of nitrogens with zero attached hydrogens (tertiary/aromatic N) is 3. The Kier molecular flexibility index (Phi) is 9.35. The van der Waals surface area contributed by atoms with Gasteiger partial charge in [-0.3, -0.25) is 0 Å². The van der Waals surface area contributed by atoms with E-state index in [2.05, 4.69) is 192 Å². The van der Waals surface area contributed by atoms with E-state index in [-0.39, 0.29) is 21.6 Å². The highest BCUT2D eigenvalue weighted by Crippen LogP contribution is 2.61. The predicted molar refractivity (Wildman–Crippen MR) is 305 cm³/mol. The van der Waals surface area contributed by atoms with Crippen LogP contribution in [0.3, 0.4) is 0 Å². The maximum Gasteiger partial charge on any atom is 0.125 e. The third-order valence-corrected chi connectivity index (χ3v) is 20.3. The lowest BCUT2D eigenvalue weighted by molar-refractivity contribution is 0.649. The minimum atomic E-state index is -0.240. The van der Waals surface area contributed by atoms with Crippen LogP contribution < -0.4 is 5.32 Å². The van der Waals surface area contributed by atoms with Crippen molar-refractivity contribution in [3.8, 4) is 65.1 Å². The topological polar surface area (TPSA) is 50.7 Å². The number of thiazole rings is 3. The first kappa shape index (κ1) is 43.4. The normalized spacial score (nSPS) is 16.7. The molecule has 1 unspecified atom stereocenters. The predicted octanol–water partition coefficient (Wildman–Crippen LogP) is 18.7. The summed E-state index contributed by atoms with van der Waals surface area (Å²) in [5.41, 5.74) is 24.8. The van der Waals surface area contributed by atoms with Gasteiger partial charge in [-0.15, -0.1) is 34.0 Å². The molecular weight excluding hydrogens is 941 g/mol. The number of fused-ring (bicyclic) bond motifs is 13. The molecule has 3 aromatic heterocycles. The van der Waals surface area contributed by atoms with Gasteiger partial charge in [-0.2, -0.15) is 0 Å². The number of thioether (sulfide) groups is 1. The monoisotopic (exact) mass is 990 g/mol. The van der Waals surface area contributed by atoms with Crippen LogP contribution >= 0.6 is 45.8 Å². The fraction of sp³-hybridized carbons (Fsp3) is 0.190. The van der Waals surface area contributed by atoms with Crippen LogP contribution in [0.4, 0.5) is 5.69 Å². The van der Waals surface area contributed by atoms with Gasteiger partial charge >= 0.3 is 0 Å². The number of nitrogens with one attached hydrogen (secondary N) is 1. The lowest BCUT2D eigenvalue weighted by atomic mass is 9.78. The largest absolute Gasteiger partial charge is 0.368 e. The molecule has 0 saturated heterocycles. The Hall–Kier alpha value is -6.42. The molecule has 0 bridgehead atoms. The number of hydrogen-bond donors (Lipinski definition) is 1. The first-order valence-corrected chi connectivity index (χ1v) is 28.1. The first-order chi connectivity index (χ1) is 34.4. The zero-order valence-electron chi connectivity index (χ0n) is 40.9. The van der Waals surface area contributed by atoms with E-state index in [0.717, 1.165) is 42.7 Å². The van der Waals surface area contributed by atoms with Crippen LogP contribution in [0.15, 0.2) is 150 Å². The summed E-state index contributed by atoms with van der Waals surface area (Å²) in [7, 11) is 0. The fourth-order valence-corrected chi connectivity index (χ4v) is 16.3. The maximum atomic E-state index is 5.29. The lowest BCUT2D eigenvalue weighted by Gasteiger charge is -2.25. The maximum absolute atomic E-state index is 5.29. The zero-order chi connectivity index (χ0) is 48.3. The van der Waals surface area contributed by atoms with Crippen molar-refractivity contribution in [1.29, 1.82) is 0 Å². The van der Waals surface area contributed by atoms with Gasteiger partial charge in [0, 0.05) is 43.5 Å². The van der Waals surface area contributed by atoms with E-state index in [4.69, 9.17) is 15.0 Å². The minimum Gasteiger partial charge on any atom is -0.368 e. The zero-order valence-corrected chi connectivity index (χ0v) is 44.2. The highest BCUT2D eigenvalue weighted by atomic mass is 32.2. The highest BCUT2D eigenvalue weighted by molar-refractivity contribution is 8.00. The van der Waals surface area contributed by atoms with E-state index in [1.165, 1.54) is 103 Å². The van der Waals surface area contributed by atoms with Crippen LogP contribution in [0.25, 0.3) is 95.7 Å². The van der Waals surface area contributed by atoms with Crippen molar-refractivity contribution in [2.75, 3.05) is 5.32 Å². The number of para-hydroxylation sites is 4. The molecule has 0 radical (unpaired) electrons. The molecule has 4 heterocycles. The Labute approximate surface area is 430 Å². The molecule has 1 N–H and O–H groups in total. The summed E-state index contributed by atoms with van der Waals surface area (Å²) < 4.78 is 3.61. The highest BCUT2D eigenvalue weighted by Gasteiger charge is 2.46. The molecule has 346 valence electrons. The summed E-state index contributed by atoms with van der Waals surface area (Å²) in [6, 6.07) is 54.5. The Balaban J connectivity index is 0.00000232. The third-order valence-electron chi connectivity index (χ3n) is 15.8. The first-order valence-electron chi connectivity index (χ1n) is 24.8. The summed E-state index contributed by atoms with van der Waals surface area (Å²) >= 11 is 7.25. The van der Waals surface area contributed by atoms with Crippen molar-refractivity contribution >= 4 is 82.1 Å². The molecule has 0 saturated carbocycles. The van der Waals surface area contributed by atoms with Gasteiger partial charge in [0.2, 0.25) is 0 Å². The van der Waals surface area contributed by atoms with Gasteiger partial charge in [0.05, 0.1) is 30.6 Å². The average molecular weight is 991 g/mol. The van der Waals surface area contributed by atoms with Gasteiger partial charge in [0.15, 0.2) is 0 Å². The number of aromatic nitrogens is 3. The molecule has 8 heteroatoms. The quantitative estimate of drug-likeness (QED) is 0.190. The molecule has 11 aromatic rings. The van der Waals surface area contributed by atoms with Crippen molar-refractivity contribution in [2.45, 2.75) is 81.9 Å². The second-order valence-corrected chi connectivity index (χ2v) is 25.0. The molecule has 71 heavy (non-hydrogen) atoms. The molecule has 1 aliphatic heterocycles. The van der Waals surface area contributed by atoms with E-state index < -0.39 is 0 Å². The van der Waals surface area contributed by atoms with Gasteiger partial charge in [0.1, 0.15) is 20.4 Å². The molecular formula is C63H50N4S4. The van der Waals surface area contributed by atoms with Crippen LogP contribution in [0, 0.1) is 0 Å². The number of hydrogen-bond acceptors (Lipinski definition) is 8. The molecule has 0 spiro atoms. The summed E-state index contributed by atoms with van der Waals surface area (Å²) in [6.45, 7) is 18.6. The SMILES string of the molecule is CC.CC1(C)c2cc(-c3nc4ccccc4s3)c(-c3nc4ccccc4s3)cc2-c2cc3c(cc21)-c1cc2c(cc1C3(C)C)-c1cc(-c3nc4ccccc4s3)c(C3Nc4ccccc4S3)cc1C2(C)C. The van der Waals surface area contributed by atoms with E-state index in [1.54, 1.807) is 34.0 Å². The van der Waals surface area contributed by atoms with Crippen LogP contribution in [0.5, 0.6) is 0 Å². The molecule has 8 aromatic carbocycles.